The number of fused-ring (bicyclic) bond motifs is 1. The molecule has 0 bridgehead atoms. The Hall–Kier alpha value is -2.69. The van der Waals surface area contributed by atoms with Gasteiger partial charge in [-0.1, -0.05) is 0 Å². The summed E-state index contributed by atoms with van der Waals surface area (Å²) in [5.74, 6) is -2.76. The van der Waals surface area contributed by atoms with Gasteiger partial charge in [0.1, 0.15) is 15.6 Å². The molecule has 32 heavy (non-hydrogen) atoms. The van der Waals surface area contributed by atoms with Crippen LogP contribution >= 0.6 is 11.3 Å². The number of H-pyrrole nitrogens is 1. The molecule has 0 aliphatic carbocycles. The third-order valence-electron chi connectivity index (χ3n) is 3.63. The SMILES string of the molecule is NCCNS(=O)(=O)c1ccc(-c2ccnc3[nH]c(C(F)(F)F)cc23)s1.O=C(O)C(F)(F)F. The number of nitrogens with one attached hydrogen (secondary N) is 2. The minimum Gasteiger partial charge on any atom is -0.475 e. The Morgan fingerprint density at radius 2 is 1.81 bits per heavy atom. The number of carbonyl (C=O) groups is 1. The van der Waals surface area contributed by atoms with Crippen molar-refractivity contribution < 1.29 is 44.7 Å². The van der Waals surface area contributed by atoms with Gasteiger partial charge < -0.3 is 15.8 Å². The van der Waals surface area contributed by atoms with Crippen LogP contribution in [0.2, 0.25) is 0 Å². The lowest BCUT2D eigenvalue weighted by Gasteiger charge is -2.02. The molecule has 0 aromatic carbocycles. The van der Waals surface area contributed by atoms with Crippen molar-refractivity contribution in [3.63, 3.8) is 0 Å². The van der Waals surface area contributed by atoms with Gasteiger partial charge in [0.05, 0.1) is 0 Å². The number of pyridine rings is 1. The monoisotopic (exact) mass is 504 g/mol. The Bertz CT molecular complexity index is 1200. The van der Waals surface area contributed by atoms with E-state index in [0.29, 0.717) is 10.4 Å². The van der Waals surface area contributed by atoms with Gasteiger partial charge in [-0.25, -0.2) is 22.9 Å². The number of aromatic nitrogens is 2. The van der Waals surface area contributed by atoms with Crippen LogP contribution in [0.1, 0.15) is 5.69 Å². The number of hydrogen-bond acceptors (Lipinski definition) is 6. The first-order chi connectivity index (χ1) is 14.7. The van der Waals surface area contributed by atoms with Crippen molar-refractivity contribution in [2.24, 2.45) is 5.73 Å². The van der Waals surface area contributed by atoms with Crippen molar-refractivity contribution in [2.45, 2.75) is 16.6 Å². The smallest absolute Gasteiger partial charge is 0.475 e. The largest absolute Gasteiger partial charge is 0.490 e. The fraction of sp³-hybridized carbons (Fsp3) is 0.250. The minimum absolute atomic E-state index is 0.0625. The zero-order chi connectivity index (χ0) is 24.3. The van der Waals surface area contributed by atoms with Crippen LogP contribution in [0.15, 0.2) is 34.7 Å². The van der Waals surface area contributed by atoms with E-state index in [4.69, 9.17) is 15.6 Å². The topological polar surface area (TPSA) is 138 Å². The fourth-order valence-electron chi connectivity index (χ4n) is 2.27. The maximum Gasteiger partial charge on any atom is 0.490 e. The van der Waals surface area contributed by atoms with Gasteiger partial charge in [-0.3, -0.25) is 0 Å². The van der Waals surface area contributed by atoms with Crippen LogP contribution in [0.25, 0.3) is 21.5 Å². The molecule has 0 aliphatic rings. The molecule has 0 amide bonds. The maximum atomic E-state index is 12.9. The van der Waals surface area contributed by atoms with Crippen LogP contribution in [0.3, 0.4) is 0 Å². The molecule has 0 unspecified atom stereocenters. The van der Waals surface area contributed by atoms with Crippen molar-refractivity contribution in [3.8, 4) is 10.4 Å². The van der Waals surface area contributed by atoms with Gasteiger partial charge in [-0.15, -0.1) is 11.3 Å². The molecule has 0 aliphatic heterocycles. The summed E-state index contributed by atoms with van der Waals surface area (Å²) in [6.45, 7) is 0.258. The van der Waals surface area contributed by atoms with E-state index < -0.39 is 34.0 Å². The summed E-state index contributed by atoms with van der Waals surface area (Å²) in [7, 11) is -3.70. The van der Waals surface area contributed by atoms with Gasteiger partial charge in [0.25, 0.3) is 0 Å². The summed E-state index contributed by atoms with van der Waals surface area (Å²) >= 11 is 0.961. The van der Waals surface area contributed by atoms with E-state index in [1.54, 1.807) is 12.1 Å². The van der Waals surface area contributed by atoms with Crippen molar-refractivity contribution in [3.05, 3.63) is 36.2 Å². The Morgan fingerprint density at radius 1 is 1.19 bits per heavy atom. The lowest BCUT2D eigenvalue weighted by Crippen LogP contribution is -2.28. The second-order valence-corrected chi connectivity index (χ2v) is 8.99. The van der Waals surface area contributed by atoms with Crippen LogP contribution in [-0.2, 0) is 21.0 Å². The maximum absolute atomic E-state index is 12.9. The number of rotatable bonds is 5. The molecule has 3 aromatic rings. The van der Waals surface area contributed by atoms with Gasteiger partial charge >= 0.3 is 18.3 Å². The summed E-state index contributed by atoms with van der Waals surface area (Å²) in [4.78, 5) is 15.6. The number of halogens is 6. The Morgan fingerprint density at radius 3 is 2.34 bits per heavy atom. The highest BCUT2D eigenvalue weighted by Crippen LogP contribution is 2.37. The first-order valence-electron chi connectivity index (χ1n) is 8.32. The zero-order valence-corrected chi connectivity index (χ0v) is 17.2. The quantitative estimate of drug-likeness (QED) is 0.394. The molecule has 3 aromatic heterocycles. The third-order valence-corrected chi connectivity index (χ3v) is 6.70. The summed E-state index contributed by atoms with van der Waals surface area (Å²) in [5.41, 5.74) is 4.94. The number of carboxylic acid groups (broad SMARTS) is 1. The molecule has 0 saturated carbocycles. The highest BCUT2D eigenvalue weighted by Gasteiger charge is 2.38. The van der Waals surface area contributed by atoms with Crippen molar-refractivity contribution >= 4 is 38.4 Å². The average molecular weight is 504 g/mol. The predicted molar refractivity (Wildman–Crippen MR) is 102 cm³/mol. The van der Waals surface area contributed by atoms with E-state index in [9.17, 15) is 34.8 Å². The van der Waals surface area contributed by atoms with E-state index >= 15 is 0 Å². The van der Waals surface area contributed by atoms with Crippen LogP contribution in [0.4, 0.5) is 26.3 Å². The second kappa shape index (κ2) is 9.43. The highest BCUT2D eigenvalue weighted by molar-refractivity contribution is 7.91. The number of carboxylic acids is 1. The molecule has 0 fully saturated rings. The number of sulfonamides is 1. The standard InChI is InChI=1S/C14H13F3N4O2S2.C2HF3O2/c15-14(16,17)11-7-9-8(3-5-19-13(9)21-11)10-1-2-12(24-10)25(22,23)20-6-4-18;3-2(4,5)1(6)7/h1-3,5,7,20H,4,6,18H2,(H,19,21);(H,6,7). The average Bonchev–Trinajstić information content (AvgIpc) is 3.33. The molecule has 0 spiro atoms. The molecule has 3 heterocycles. The Labute approximate surface area is 180 Å². The third kappa shape index (κ3) is 6.18. The van der Waals surface area contributed by atoms with Gasteiger partial charge in [0, 0.05) is 35.1 Å². The molecular weight excluding hydrogens is 490 g/mol. The summed E-state index contributed by atoms with van der Waals surface area (Å²) in [6, 6.07) is 5.48. The normalized spacial score (nSPS) is 12.5. The fourth-order valence-corrected chi connectivity index (χ4v) is 4.71. The van der Waals surface area contributed by atoms with Crippen LogP contribution in [0.5, 0.6) is 0 Å². The summed E-state index contributed by atoms with van der Waals surface area (Å²) < 4.78 is 97.0. The van der Waals surface area contributed by atoms with Gasteiger partial charge in [0.15, 0.2) is 0 Å². The number of nitrogens with zero attached hydrogens (tertiary/aromatic N) is 1. The molecule has 5 N–H and O–H groups in total. The molecule has 176 valence electrons. The van der Waals surface area contributed by atoms with E-state index in [0.717, 1.165) is 17.4 Å². The molecule has 8 nitrogen and oxygen atoms in total. The van der Waals surface area contributed by atoms with E-state index in [1.807, 2.05) is 0 Å². The number of hydrogen-bond donors (Lipinski definition) is 4. The number of aliphatic carboxylic acids is 1. The predicted octanol–water partition coefficient (Wildman–Crippen LogP) is 3.18. The molecule has 0 saturated heterocycles. The van der Waals surface area contributed by atoms with E-state index in [1.165, 1.54) is 12.3 Å². The zero-order valence-electron chi connectivity index (χ0n) is 15.6. The number of alkyl halides is 6. The molecular formula is C16H14F6N4O4S2. The van der Waals surface area contributed by atoms with Gasteiger partial charge in [-0.2, -0.15) is 26.3 Å². The first kappa shape index (κ1) is 25.6. The molecule has 0 atom stereocenters. The second-order valence-electron chi connectivity index (χ2n) is 5.91. The van der Waals surface area contributed by atoms with Gasteiger partial charge in [-0.05, 0) is 24.3 Å². The molecule has 16 heteroatoms. The summed E-state index contributed by atoms with van der Waals surface area (Å²) in [6.07, 6.45) is -8.23. The highest BCUT2D eigenvalue weighted by atomic mass is 32.2. The minimum atomic E-state index is -5.08. The molecule has 3 rings (SSSR count). The van der Waals surface area contributed by atoms with Crippen molar-refractivity contribution in [1.82, 2.24) is 14.7 Å². The van der Waals surface area contributed by atoms with E-state index in [2.05, 4.69) is 14.7 Å². The summed E-state index contributed by atoms with van der Waals surface area (Å²) in [5, 5.41) is 7.40. The van der Waals surface area contributed by atoms with Crippen molar-refractivity contribution in [2.75, 3.05) is 13.1 Å². The first-order valence-corrected chi connectivity index (χ1v) is 10.6. The number of nitrogens with two attached hydrogens (primary N) is 1. The van der Waals surface area contributed by atoms with Crippen LogP contribution < -0.4 is 10.5 Å². The Balaban J connectivity index is 0.000000451. The molecule has 0 radical (unpaired) electrons. The lowest BCUT2D eigenvalue weighted by molar-refractivity contribution is -0.192. The van der Waals surface area contributed by atoms with E-state index in [-0.39, 0.29) is 28.3 Å². The lowest BCUT2D eigenvalue weighted by atomic mass is 10.1. The van der Waals surface area contributed by atoms with Gasteiger partial charge in [0.2, 0.25) is 10.0 Å². The van der Waals surface area contributed by atoms with Crippen LogP contribution in [0, 0.1) is 0 Å². The number of thiophene rings is 1. The number of aromatic amines is 1. The van der Waals surface area contributed by atoms with Crippen LogP contribution in [-0.4, -0.2) is 48.7 Å². The van der Waals surface area contributed by atoms with Crippen molar-refractivity contribution in [1.29, 1.82) is 0 Å². The Kier molecular flexibility index (Phi) is 7.54.